The molecule has 0 rings (SSSR count). The number of aliphatic carboxylic acids is 1. The van der Waals surface area contributed by atoms with Crippen LogP contribution in [-0.4, -0.2) is 23.1 Å². The number of hydrogen-bond acceptors (Lipinski definition) is 3. The van der Waals surface area contributed by atoms with Crippen molar-refractivity contribution in [1.82, 2.24) is 0 Å². The fourth-order valence-electron chi connectivity index (χ4n) is 5.13. The second kappa shape index (κ2) is 29.5. The summed E-state index contributed by atoms with van der Waals surface area (Å²) in [6.45, 7) is 4.53. The molecule has 0 aromatic carbocycles. The predicted octanol–water partition coefficient (Wildman–Crippen LogP) is 10.9. The van der Waals surface area contributed by atoms with E-state index in [1.54, 1.807) is 0 Å². The fourth-order valence-corrected chi connectivity index (χ4v) is 5.13. The van der Waals surface area contributed by atoms with Gasteiger partial charge in [-0.3, -0.25) is 9.59 Å². The van der Waals surface area contributed by atoms with Crippen LogP contribution in [0.5, 0.6) is 0 Å². The van der Waals surface area contributed by atoms with E-state index in [0.717, 1.165) is 25.7 Å². The zero-order valence-corrected chi connectivity index (χ0v) is 25.0. The maximum Gasteiger partial charge on any atom is 0.306 e. The van der Waals surface area contributed by atoms with Crippen LogP contribution in [0.15, 0.2) is 0 Å². The molecule has 0 amide bonds. The lowest BCUT2D eigenvalue weighted by Gasteiger charge is -2.18. The van der Waals surface area contributed by atoms with Gasteiger partial charge in [-0.2, -0.15) is 0 Å². The van der Waals surface area contributed by atoms with E-state index in [2.05, 4.69) is 13.8 Å². The Balaban J connectivity index is 3.84. The number of rotatable bonds is 30. The Hall–Kier alpha value is -1.06. The first-order valence-electron chi connectivity index (χ1n) is 16.5. The quantitative estimate of drug-likeness (QED) is 0.0749. The number of hydrogen-bond donors (Lipinski definition) is 1. The minimum atomic E-state index is -0.767. The van der Waals surface area contributed by atoms with Crippen LogP contribution in [0.2, 0.25) is 0 Å². The number of carboxylic acids is 1. The molecule has 0 saturated carbocycles. The van der Waals surface area contributed by atoms with Gasteiger partial charge in [0.1, 0.15) is 6.10 Å². The third-order valence-electron chi connectivity index (χ3n) is 7.58. The number of esters is 1. The smallest absolute Gasteiger partial charge is 0.306 e. The van der Waals surface area contributed by atoms with E-state index in [0.29, 0.717) is 19.3 Å². The van der Waals surface area contributed by atoms with Crippen molar-refractivity contribution in [3.05, 3.63) is 0 Å². The van der Waals surface area contributed by atoms with Crippen molar-refractivity contribution in [2.24, 2.45) is 0 Å². The summed E-state index contributed by atoms with van der Waals surface area (Å²) in [5, 5.41) is 8.96. The first-order valence-corrected chi connectivity index (χ1v) is 16.5. The minimum absolute atomic E-state index is 0.0875. The van der Waals surface area contributed by atoms with E-state index < -0.39 is 5.97 Å². The molecule has 0 aromatic rings. The van der Waals surface area contributed by atoms with Crippen molar-refractivity contribution in [2.45, 2.75) is 200 Å². The van der Waals surface area contributed by atoms with Gasteiger partial charge >= 0.3 is 11.9 Å². The van der Waals surface area contributed by atoms with Gasteiger partial charge in [0, 0.05) is 12.8 Å². The molecule has 0 saturated heterocycles. The highest BCUT2D eigenvalue weighted by Gasteiger charge is 2.15. The van der Waals surface area contributed by atoms with Crippen molar-refractivity contribution < 1.29 is 19.4 Å². The van der Waals surface area contributed by atoms with E-state index >= 15 is 0 Å². The zero-order chi connectivity index (χ0) is 27.2. The van der Waals surface area contributed by atoms with Crippen molar-refractivity contribution >= 4 is 11.9 Å². The van der Waals surface area contributed by atoms with Gasteiger partial charge in [0.05, 0.1) is 0 Å². The van der Waals surface area contributed by atoms with Gasteiger partial charge in [0.25, 0.3) is 0 Å². The van der Waals surface area contributed by atoms with Crippen LogP contribution in [0.25, 0.3) is 0 Å². The van der Waals surface area contributed by atoms with E-state index in [4.69, 9.17) is 9.84 Å². The number of carboxylic acid groups (broad SMARTS) is 1. The summed E-state index contributed by atoms with van der Waals surface area (Å²) in [4.78, 5) is 23.3. The molecule has 37 heavy (non-hydrogen) atoms. The molecule has 4 nitrogen and oxygen atoms in total. The molecule has 0 fully saturated rings. The highest BCUT2D eigenvalue weighted by molar-refractivity contribution is 5.69. The SMILES string of the molecule is CCCCCCCCCCCCCCC(=O)OC(CCCCCCCCCCCCC)CCCC(=O)O. The Morgan fingerprint density at radius 2 is 0.838 bits per heavy atom. The highest BCUT2D eigenvalue weighted by atomic mass is 16.5. The summed E-state index contributed by atoms with van der Waals surface area (Å²) < 4.78 is 5.79. The van der Waals surface area contributed by atoms with Gasteiger partial charge in [0.2, 0.25) is 0 Å². The average molecular weight is 525 g/mol. The first-order chi connectivity index (χ1) is 18.1. The molecule has 0 radical (unpaired) electrons. The van der Waals surface area contributed by atoms with Crippen molar-refractivity contribution in [3.8, 4) is 0 Å². The van der Waals surface area contributed by atoms with Crippen LogP contribution < -0.4 is 0 Å². The van der Waals surface area contributed by atoms with E-state index in [9.17, 15) is 9.59 Å². The molecule has 220 valence electrons. The summed E-state index contributed by atoms with van der Waals surface area (Å²) >= 11 is 0. The molecule has 0 aliphatic heterocycles. The average Bonchev–Trinajstić information content (AvgIpc) is 2.87. The molecule has 4 heteroatoms. The molecule has 1 N–H and O–H groups in total. The summed E-state index contributed by atoms with van der Waals surface area (Å²) in [7, 11) is 0. The van der Waals surface area contributed by atoms with Crippen LogP contribution >= 0.6 is 0 Å². The third kappa shape index (κ3) is 29.4. The maximum absolute atomic E-state index is 12.4. The topological polar surface area (TPSA) is 63.6 Å². The van der Waals surface area contributed by atoms with Gasteiger partial charge in [-0.15, -0.1) is 0 Å². The molecule has 0 aromatic heterocycles. The van der Waals surface area contributed by atoms with Gasteiger partial charge in [-0.1, -0.05) is 149 Å². The summed E-state index contributed by atoms with van der Waals surface area (Å²) in [5.74, 6) is -0.855. The lowest BCUT2D eigenvalue weighted by atomic mass is 10.0. The van der Waals surface area contributed by atoms with Crippen molar-refractivity contribution in [1.29, 1.82) is 0 Å². The van der Waals surface area contributed by atoms with Crippen LogP contribution in [0.3, 0.4) is 0 Å². The summed E-state index contributed by atoms with van der Waals surface area (Å²) in [6, 6.07) is 0. The Morgan fingerprint density at radius 3 is 1.24 bits per heavy atom. The molecule has 1 unspecified atom stereocenters. The number of carbonyl (C=O) groups is 2. The lowest BCUT2D eigenvalue weighted by molar-refractivity contribution is -0.150. The van der Waals surface area contributed by atoms with E-state index in [-0.39, 0.29) is 18.5 Å². The second-order valence-corrected chi connectivity index (χ2v) is 11.4. The monoisotopic (exact) mass is 524 g/mol. The Bertz CT molecular complexity index is 491. The lowest BCUT2D eigenvalue weighted by Crippen LogP contribution is -2.18. The largest absolute Gasteiger partial charge is 0.481 e. The standard InChI is InChI=1S/C33H64O4/c1-3-5-7-9-11-13-15-17-19-21-23-25-30-33(36)37-31(28-26-29-32(34)35)27-24-22-20-18-16-14-12-10-8-6-4-2/h31H,3-30H2,1-2H3,(H,34,35). The van der Waals surface area contributed by atoms with Crippen LogP contribution in [0, 0.1) is 0 Å². The van der Waals surface area contributed by atoms with E-state index in [1.807, 2.05) is 0 Å². The first kappa shape index (κ1) is 35.9. The van der Waals surface area contributed by atoms with Crippen LogP contribution in [-0.2, 0) is 14.3 Å². The van der Waals surface area contributed by atoms with E-state index in [1.165, 1.54) is 128 Å². The summed E-state index contributed by atoms with van der Waals surface area (Å²) in [6.07, 6.45) is 32.5. The number of carbonyl (C=O) groups excluding carboxylic acids is 1. The Kier molecular flexibility index (Phi) is 28.7. The maximum atomic E-state index is 12.4. The number of unbranched alkanes of at least 4 members (excludes halogenated alkanes) is 21. The molecule has 0 spiro atoms. The zero-order valence-electron chi connectivity index (χ0n) is 25.0. The van der Waals surface area contributed by atoms with Crippen LogP contribution in [0.4, 0.5) is 0 Å². The third-order valence-corrected chi connectivity index (χ3v) is 7.58. The van der Waals surface area contributed by atoms with Crippen molar-refractivity contribution in [3.63, 3.8) is 0 Å². The van der Waals surface area contributed by atoms with Crippen LogP contribution in [0.1, 0.15) is 194 Å². The second-order valence-electron chi connectivity index (χ2n) is 11.4. The molecular weight excluding hydrogens is 460 g/mol. The van der Waals surface area contributed by atoms with Gasteiger partial charge in [-0.05, 0) is 32.1 Å². The fraction of sp³-hybridized carbons (Fsp3) is 0.939. The van der Waals surface area contributed by atoms with Gasteiger partial charge in [0.15, 0.2) is 0 Å². The van der Waals surface area contributed by atoms with Crippen molar-refractivity contribution in [2.75, 3.05) is 0 Å². The normalized spacial score (nSPS) is 12.1. The Morgan fingerprint density at radius 1 is 0.486 bits per heavy atom. The molecule has 1 atom stereocenters. The highest BCUT2D eigenvalue weighted by Crippen LogP contribution is 2.18. The molecule has 0 aliphatic rings. The summed E-state index contributed by atoms with van der Waals surface area (Å²) in [5.41, 5.74) is 0. The molecule has 0 heterocycles. The minimum Gasteiger partial charge on any atom is -0.481 e. The van der Waals surface area contributed by atoms with Gasteiger partial charge in [-0.25, -0.2) is 0 Å². The predicted molar refractivity (Wildman–Crippen MR) is 158 cm³/mol. The molecule has 0 bridgehead atoms. The van der Waals surface area contributed by atoms with Gasteiger partial charge < -0.3 is 9.84 Å². The Labute approximate surface area is 231 Å². The number of ether oxygens (including phenoxy) is 1. The molecule has 0 aliphatic carbocycles. The molecular formula is C33H64O4.